The number of rotatable bonds is 5. The SMILES string of the molecule is COC[C@H](NC(=O)N1CC=C(c2ccc(F)cc2)CC1)c1ccnn1C. The van der Waals surface area contributed by atoms with E-state index in [2.05, 4.69) is 10.4 Å². The summed E-state index contributed by atoms with van der Waals surface area (Å²) in [5.74, 6) is -0.245. The van der Waals surface area contributed by atoms with Crippen LogP contribution in [0.3, 0.4) is 0 Å². The molecule has 1 aliphatic heterocycles. The number of hydrogen-bond donors (Lipinski definition) is 1. The first-order valence-corrected chi connectivity index (χ1v) is 8.55. The molecule has 0 saturated heterocycles. The lowest BCUT2D eigenvalue weighted by Crippen LogP contribution is -2.44. The zero-order valence-corrected chi connectivity index (χ0v) is 15.0. The van der Waals surface area contributed by atoms with E-state index in [4.69, 9.17) is 4.74 Å². The Balaban J connectivity index is 1.63. The summed E-state index contributed by atoms with van der Waals surface area (Å²) in [4.78, 5) is 14.4. The van der Waals surface area contributed by atoms with E-state index in [0.29, 0.717) is 19.7 Å². The first kappa shape index (κ1) is 18.1. The van der Waals surface area contributed by atoms with Crippen molar-refractivity contribution in [3.63, 3.8) is 0 Å². The fraction of sp³-hybridized carbons (Fsp3) is 0.368. The van der Waals surface area contributed by atoms with Crippen LogP contribution in [0, 0.1) is 5.82 Å². The molecular formula is C19H23FN4O2. The van der Waals surface area contributed by atoms with E-state index in [0.717, 1.165) is 23.3 Å². The summed E-state index contributed by atoms with van der Waals surface area (Å²) in [6, 6.07) is 7.93. The predicted octanol–water partition coefficient (Wildman–Crippen LogP) is 2.75. The number of halogens is 1. The van der Waals surface area contributed by atoms with Crippen molar-refractivity contribution in [1.29, 1.82) is 0 Å². The van der Waals surface area contributed by atoms with Gasteiger partial charge in [0.15, 0.2) is 0 Å². The molecule has 7 heteroatoms. The minimum Gasteiger partial charge on any atom is -0.382 e. The molecule has 3 rings (SSSR count). The van der Waals surface area contributed by atoms with Gasteiger partial charge in [0.05, 0.1) is 18.3 Å². The third-order valence-electron chi connectivity index (χ3n) is 4.56. The number of benzene rings is 1. The molecule has 6 nitrogen and oxygen atoms in total. The number of amides is 2. The van der Waals surface area contributed by atoms with Crippen LogP contribution in [-0.4, -0.2) is 47.5 Å². The molecule has 2 aromatic rings. The van der Waals surface area contributed by atoms with Crippen LogP contribution in [-0.2, 0) is 11.8 Å². The molecule has 0 unspecified atom stereocenters. The minimum atomic E-state index is -0.262. The van der Waals surface area contributed by atoms with Crippen LogP contribution in [0.15, 0.2) is 42.6 Å². The molecule has 0 radical (unpaired) electrons. The highest BCUT2D eigenvalue weighted by Gasteiger charge is 2.23. The van der Waals surface area contributed by atoms with Crippen LogP contribution < -0.4 is 5.32 Å². The zero-order chi connectivity index (χ0) is 18.5. The van der Waals surface area contributed by atoms with Gasteiger partial charge in [-0.2, -0.15) is 5.10 Å². The topological polar surface area (TPSA) is 59.4 Å². The van der Waals surface area contributed by atoms with Gasteiger partial charge in [0.25, 0.3) is 0 Å². The van der Waals surface area contributed by atoms with Crippen LogP contribution in [0.1, 0.15) is 23.7 Å². The van der Waals surface area contributed by atoms with Crippen LogP contribution in [0.4, 0.5) is 9.18 Å². The number of methoxy groups -OCH3 is 1. The zero-order valence-electron chi connectivity index (χ0n) is 15.0. The van der Waals surface area contributed by atoms with Gasteiger partial charge in [0.1, 0.15) is 5.82 Å². The Morgan fingerprint density at radius 2 is 2.12 bits per heavy atom. The number of ether oxygens (including phenoxy) is 1. The molecule has 138 valence electrons. The summed E-state index contributed by atoms with van der Waals surface area (Å²) in [6.45, 7) is 1.50. The maximum Gasteiger partial charge on any atom is 0.318 e. The molecule has 0 fully saturated rings. The van der Waals surface area contributed by atoms with Gasteiger partial charge in [-0.15, -0.1) is 0 Å². The second-order valence-corrected chi connectivity index (χ2v) is 6.27. The first-order chi connectivity index (χ1) is 12.6. The molecular weight excluding hydrogens is 335 g/mol. The summed E-state index contributed by atoms with van der Waals surface area (Å²) in [5, 5.41) is 7.16. The maximum atomic E-state index is 13.1. The molecule has 1 atom stereocenters. The van der Waals surface area contributed by atoms with Gasteiger partial charge in [0, 0.05) is 33.4 Å². The van der Waals surface area contributed by atoms with Crippen molar-refractivity contribution >= 4 is 11.6 Å². The van der Waals surface area contributed by atoms with Crippen LogP contribution in [0.25, 0.3) is 5.57 Å². The van der Waals surface area contributed by atoms with E-state index >= 15 is 0 Å². The third-order valence-corrected chi connectivity index (χ3v) is 4.56. The Morgan fingerprint density at radius 3 is 2.69 bits per heavy atom. The molecule has 26 heavy (non-hydrogen) atoms. The highest BCUT2D eigenvalue weighted by atomic mass is 19.1. The summed E-state index contributed by atoms with van der Waals surface area (Å²) in [5.41, 5.74) is 3.02. The highest BCUT2D eigenvalue weighted by Crippen LogP contribution is 2.23. The molecule has 0 saturated carbocycles. The van der Waals surface area contributed by atoms with Gasteiger partial charge in [-0.1, -0.05) is 18.2 Å². The number of urea groups is 1. The lowest BCUT2D eigenvalue weighted by atomic mass is 10.00. The van der Waals surface area contributed by atoms with Crippen molar-refractivity contribution in [2.75, 3.05) is 26.8 Å². The summed E-state index contributed by atoms with van der Waals surface area (Å²) < 4.78 is 20.0. The highest BCUT2D eigenvalue weighted by molar-refractivity contribution is 5.77. The largest absolute Gasteiger partial charge is 0.382 e. The Labute approximate surface area is 152 Å². The fourth-order valence-corrected chi connectivity index (χ4v) is 3.11. The Kier molecular flexibility index (Phi) is 5.68. The number of hydrogen-bond acceptors (Lipinski definition) is 3. The molecule has 0 bridgehead atoms. The number of aromatic nitrogens is 2. The number of nitrogens with zero attached hydrogens (tertiary/aromatic N) is 3. The van der Waals surface area contributed by atoms with E-state index in [1.807, 2.05) is 19.2 Å². The van der Waals surface area contributed by atoms with E-state index in [-0.39, 0.29) is 17.9 Å². The normalized spacial score (nSPS) is 15.5. The van der Waals surface area contributed by atoms with Crippen molar-refractivity contribution in [3.05, 3.63) is 59.7 Å². The molecule has 2 heterocycles. The maximum absolute atomic E-state index is 13.1. The summed E-state index contributed by atoms with van der Waals surface area (Å²) in [6.07, 6.45) is 4.45. The standard InChI is InChI=1S/C19H23FN4O2/c1-23-18(7-10-21-23)17(13-26-2)22-19(25)24-11-8-15(9-12-24)14-3-5-16(20)6-4-14/h3-8,10,17H,9,11-13H2,1-2H3,(H,22,25)/t17-/m0/s1. The van der Waals surface area contributed by atoms with E-state index < -0.39 is 0 Å². The van der Waals surface area contributed by atoms with Crippen molar-refractivity contribution in [2.45, 2.75) is 12.5 Å². The smallest absolute Gasteiger partial charge is 0.318 e. The Morgan fingerprint density at radius 1 is 1.35 bits per heavy atom. The molecule has 1 aliphatic rings. The average Bonchev–Trinajstić information content (AvgIpc) is 3.08. The molecule has 0 aliphatic carbocycles. The Bertz CT molecular complexity index is 785. The Hall–Kier alpha value is -2.67. The van der Waals surface area contributed by atoms with Gasteiger partial charge in [-0.25, -0.2) is 9.18 Å². The van der Waals surface area contributed by atoms with Crippen LogP contribution in [0.5, 0.6) is 0 Å². The number of carbonyl (C=O) groups excluding carboxylic acids is 1. The molecule has 0 spiro atoms. The molecule has 1 aromatic carbocycles. The number of aryl methyl sites for hydroxylation is 1. The summed E-state index contributed by atoms with van der Waals surface area (Å²) >= 11 is 0. The lowest BCUT2D eigenvalue weighted by molar-refractivity contribution is 0.153. The van der Waals surface area contributed by atoms with Gasteiger partial charge in [-0.3, -0.25) is 4.68 Å². The van der Waals surface area contributed by atoms with Gasteiger partial charge >= 0.3 is 6.03 Å². The van der Waals surface area contributed by atoms with Gasteiger partial charge in [-0.05, 0) is 35.8 Å². The fourth-order valence-electron chi connectivity index (χ4n) is 3.11. The minimum absolute atomic E-state index is 0.136. The molecule has 1 aromatic heterocycles. The monoisotopic (exact) mass is 358 g/mol. The second-order valence-electron chi connectivity index (χ2n) is 6.27. The molecule has 2 amide bonds. The van der Waals surface area contributed by atoms with Crippen molar-refractivity contribution in [1.82, 2.24) is 20.0 Å². The van der Waals surface area contributed by atoms with Crippen molar-refractivity contribution < 1.29 is 13.9 Å². The second kappa shape index (κ2) is 8.14. The van der Waals surface area contributed by atoms with E-state index in [9.17, 15) is 9.18 Å². The number of nitrogens with one attached hydrogen (secondary N) is 1. The first-order valence-electron chi connectivity index (χ1n) is 8.55. The van der Waals surface area contributed by atoms with Gasteiger partial charge < -0.3 is 15.0 Å². The van der Waals surface area contributed by atoms with E-state index in [1.165, 1.54) is 12.1 Å². The van der Waals surface area contributed by atoms with Crippen LogP contribution in [0.2, 0.25) is 0 Å². The van der Waals surface area contributed by atoms with Gasteiger partial charge in [0.2, 0.25) is 0 Å². The van der Waals surface area contributed by atoms with Crippen molar-refractivity contribution in [2.24, 2.45) is 7.05 Å². The molecule has 1 N–H and O–H groups in total. The van der Waals surface area contributed by atoms with Crippen molar-refractivity contribution in [3.8, 4) is 0 Å². The third kappa shape index (κ3) is 4.11. The quantitative estimate of drug-likeness (QED) is 0.894. The summed E-state index contributed by atoms with van der Waals surface area (Å²) in [7, 11) is 3.44. The van der Waals surface area contributed by atoms with Crippen LogP contribution >= 0.6 is 0 Å². The van der Waals surface area contributed by atoms with E-state index in [1.54, 1.807) is 35.0 Å². The number of carbonyl (C=O) groups is 1. The predicted molar refractivity (Wildman–Crippen MR) is 96.9 cm³/mol. The average molecular weight is 358 g/mol. The lowest BCUT2D eigenvalue weighted by Gasteiger charge is -2.29.